The molecule has 3 saturated carbocycles. The van der Waals surface area contributed by atoms with E-state index in [1.807, 2.05) is 23.9 Å². The molecular weight excluding hydrogens is 806 g/mol. The number of alkyl halides is 1. The Bertz CT molecular complexity index is 2610. The molecule has 7 aliphatic rings. The van der Waals surface area contributed by atoms with Gasteiger partial charge in [0.05, 0.1) is 23.1 Å². The van der Waals surface area contributed by atoms with Crippen molar-refractivity contribution in [3.05, 3.63) is 103 Å². The van der Waals surface area contributed by atoms with Crippen molar-refractivity contribution in [2.75, 3.05) is 51.2 Å². The van der Waals surface area contributed by atoms with Gasteiger partial charge in [0, 0.05) is 73.4 Å². The Labute approximate surface area is 354 Å². The van der Waals surface area contributed by atoms with Gasteiger partial charge in [0.2, 0.25) is 5.76 Å². The Morgan fingerprint density at radius 3 is 2.65 bits per heavy atom. The first-order chi connectivity index (χ1) is 28.6. The number of fused-ring (bicyclic) bond motifs is 1. The number of aromatic amines is 1. The first-order valence-corrected chi connectivity index (χ1v) is 22.4. The van der Waals surface area contributed by atoms with Crippen molar-refractivity contribution in [1.82, 2.24) is 19.6 Å². The fourth-order valence-corrected chi connectivity index (χ4v) is 11.4. The van der Waals surface area contributed by atoms with Crippen LogP contribution in [0.5, 0.6) is 11.5 Å². The monoisotopic (exact) mass is 854 g/mol. The Balaban J connectivity index is 0.940. The van der Waals surface area contributed by atoms with Crippen molar-refractivity contribution in [2.24, 2.45) is 10.8 Å². The second kappa shape index (κ2) is 15.1. The third-order valence-electron chi connectivity index (χ3n) is 13.0. The van der Waals surface area contributed by atoms with E-state index < -0.39 is 31.5 Å². The molecule has 1 unspecified atom stereocenters. The van der Waals surface area contributed by atoms with Crippen molar-refractivity contribution in [2.45, 2.75) is 76.2 Å². The molecule has 10 rings (SSSR count). The minimum Gasteiger partial charge on any atom is -0.476 e. The average Bonchev–Trinajstić information content (AvgIpc) is 3.66. The number of nitrogens with zero attached hydrogens (tertiary/aromatic N) is 5. The first-order valence-electron chi connectivity index (χ1n) is 20.6. The number of amides is 1. The highest BCUT2D eigenvalue weighted by Gasteiger charge is 2.69. The molecule has 1 aromatic carbocycles. The maximum absolute atomic E-state index is 13.9. The maximum atomic E-state index is 13.9. The van der Waals surface area contributed by atoms with E-state index in [4.69, 9.17) is 21.1 Å². The topological polar surface area (TPSA) is 163 Å². The van der Waals surface area contributed by atoms with Gasteiger partial charge >= 0.3 is 5.70 Å². The third-order valence-corrected chi connectivity index (χ3v) is 14.7. The van der Waals surface area contributed by atoms with E-state index in [9.17, 15) is 23.3 Å². The van der Waals surface area contributed by atoms with Gasteiger partial charge < -0.3 is 19.4 Å². The van der Waals surface area contributed by atoms with Crippen molar-refractivity contribution >= 4 is 50.5 Å². The molecule has 1 saturated heterocycles. The lowest BCUT2D eigenvalue weighted by Gasteiger charge is -2.70. The number of carbonyl (C=O) groups excluding carboxylic acids is 1. The van der Waals surface area contributed by atoms with Gasteiger partial charge in [-0.25, -0.2) is 22.7 Å². The second-order valence-corrected chi connectivity index (χ2v) is 20.6. The lowest BCUT2D eigenvalue weighted by molar-refractivity contribution is -0.500. The Morgan fingerprint density at radius 2 is 1.93 bits per heavy atom. The van der Waals surface area contributed by atoms with E-state index in [0.29, 0.717) is 41.6 Å². The normalized spacial score (nSPS) is 26.3. The molecule has 2 aromatic heterocycles. The number of H-pyrrole nitrogens is 1. The Kier molecular flexibility index (Phi) is 10.1. The van der Waals surface area contributed by atoms with Crippen LogP contribution >= 0.6 is 11.6 Å². The zero-order chi connectivity index (χ0) is 42.0. The van der Waals surface area contributed by atoms with E-state index in [0.717, 1.165) is 82.0 Å². The molecule has 2 N–H and O–H groups in total. The number of allylic oxidation sites excluding steroid dienone is 2. The molecule has 2 bridgehead atoms. The molecule has 14 nitrogen and oxygen atoms in total. The second-order valence-electron chi connectivity index (χ2n) is 18.1. The number of hydrogen-bond acceptors (Lipinski definition) is 10. The van der Waals surface area contributed by atoms with Gasteiger partial charge in [-0.2, -0.15) is 0 Å². The molecule has 1 amide bonds. The summed E-state index contributed by atoms with van der Waals surface area (Å²) in [4.78, 5) is 36.8. The minimum atomic E-state index is -4.66. The lowest BCUT2D eigenvalue weighted by Crippen LogP contribution is -2.65. The van der Waals surface area contributed by atoms with E-state index in [-0.39, 0.29) is 28.1 Å². The van der Waals surface area contributed by atoms with Crippen LogP contribution < -0.4 is 14.4 Å². The number of benzene rings is 1. The number of ether oxygens (including phenoxy) is 2. The van der Waals surface area contributed by atoms with E-state index >= 15 is 0 Å². The van der Waals surface area contributed by atoms with Crippen LogP contribution in [-0.4, -0.2) is 102 Å². The fourth-order valence-electron chi connectivity index (χ4n) is 9.71. The standard InChI is InChI=1S/C44H48ClN7O7S/c1-42(2)12-8-30(36(23-42)43-26-44(45,27-43)28-43)25-50-16-18-51(19-17-50)31-4-6-35(39(21-31)59-33-20-29-9-13-46-40(29)47-24-33)41(53)48-60(56,57)34-5-7-38(37(22-34)52(54)55)58-32-10-14-49(3)15-11-32/h4,6,9,13-14,20-22,24,32H,8,10-12,15-19,23,25-28H2,1-3H3,(H-,46,47,48,53)/p+1. The molecule has 1 atom stereocenters. The average molecular weight is 855 g/mol. The number of halogens is 1. The zero-order valence-electron chi connectivity index (χ0n) is 34.1. The molecule has 16 heteroatoms. The van der Waals surface area contributed by atoms with E-state index in [1.54, 1.807) is 35.5 Å². The van der Waals surface area contributed by atoms with Crippen LogP contribution in [-0.2, 0) is 14.8 Å². The number of aromatic nitrogens is 2. The van der Waals surface area contributed by atoms with Crippen LogP contribution in [0, 0.1) is 20.9 Å². The van der Waals surface area contributed by atoms with Gasteiger partial charge in [-0.15, -0.1) is 11.6 Å². The number of pyridine rings is 1. The van der Waals surface area contributed by atoms with E-state index in [1.165, 1.54) is 18.7 Å². The summed E-state index contributed by atoms with van der Waals surface area (Å²) in [6, 6.07) is 8.67. The summed E-state index contributed by atoms with van der Waals surface area (Å²) >= 11 is 6.74. The van der Waals surface area contributed by atoms with Crippen LogP contribution in [0.1, 0.15) is 75.6 Å². The van der Waals surface area contributed by atoms with Crippen molar-refractivity contribution in [1.29, 1.82) is 0 Å². The number of nitro groups is 1. The Hall–Kier alpha value is -5.17. The van der Waals surface area contributed by atoms with Crippen molar-refractivity contribution < 1.29 is 32.2 Å². The summed E-state index contributed by atoms with van der Waals surface area (Å²) in [6.45, 7) is 9.67. The molecule has 4 heterocycles. The molecule has 0 spiro atoms. The minimum absolute atomic E-state index is 0.0391. The molecule has 314 valence electrons. The highest BCUT2D eigenvalue weighted by atomic mass is 35.5. The van der Waals surface area contributed by atoms with Gasteiger partial charge in [0.25, 0.3) is 15.9 Å². The summed E-state index contributed by atoms with van der Waals surface area (Å²) in [5.74, 6) is -0.739. The largest absolute Gasteiger partial charge is 0.476 e. The first kappa shape index (κ1) is 40.2. The smallest absolute Gasteiger partial charge is 0.321 e. The van der Waals surface area contributed by atoms with Crippen molar-refractivity contribution in [3.63, 3.8) is 0 Å². The van der Waals surface area contributed by atoms with Gasteiger partial charge in [-0.1, -0.05) is 25.0 Å². The number of rotatable bonds is 12. The molecule has 4 fully saturated rings. The quantitative estimate of drug-likeness (QED) is 0.0495. The summed E-state index contributed by atoms with van der Waals surface area (Å²) in [7, 11) is -2.73. The molecule has 3 aromatic rings. The highest BCUT2D eigenvalue weighted by Crippen LogP contribution is 2.75. The summed E-state index contributed by atoms with van der Waals surface area (Å²) < 4.78 is 43.4. The van der Waals surface area contributed by atoms with E-state index in [2.05, 4.69) is 49.8 Å². The summed E-state index contributed by atoms with van der Waals surface area (Å²) in [6.07, 6.45) is 13.7. The van der Waals surface area contributed by atoms with Crippen LogP contribution in [0.3, 0.4) is 0 Å². The highest BCUT2D eigenvalue weighted by molar-refractivity contribution is 7.94. The van der Waals surface area contributed by atoms with Gasteiger partial charge in [-0.3, -0.25) is 19.8 Å². The predicted molar refractivity (Wildman–Crippen MR) is 228 cm³/mol. The van der Waals surface area contributed by atoms with Crippen LogP contribution in [0.2, 0.25) is 0 Å². The zero-order valence-corrected chi connectivity index (χ0v) is 35.6. The molecule has 60 heavy (non-hydrogen) atoms. The van der Waals surface area contributed by atoms with Crippen LogP contribution in [0.15, 0.2) is 87.8 Å². The SMILES string of the molecule is C[N+]1=CCC(OC2=C=C=C(S(=O)(=O)NC(=O)c3ccc(N4CCN(CC5=C(C67CC(Cl)(C6)C7)CC(C)(C)CC5)CC4)cc3Oc3cnc4[nH]ccc4c3)C=C2[N+](=O)[O-])CC1. The number of carbonyl (C=O) groups is 1. The molecule has 2 aliphatic heterocycles. The van der Waals surface area contributed by atoms with Crippen molar-refractivity contribution in [3.8, 4) is 11.5 Å². The maximum Gasteiger partial charge on any atom is 0.321 e. The van der Waals surface area contributed by atoms with Gasteiger partial charge in [-0.05, 0) is 85.1 Å². The Morgan fingerprint density at radius 1 is 1.15 bits per heavy atom. The number of piperazine rings is 1. The molecule has 0 radical (unpaired) electrons. The summed E-state index contributed by atoms with van der Waals surface area (Å²) in [5.41, 5.74) is 9.72. The number of nitrogens with one attached hydrogen (secondary N) is 2. The summed E-state index contributed by atoms with van der Waals surface area (Å²) in [5, 5.41) is 12.8. The predicted octanol–water partition coefficient (Wildman–Crippen LogP) is 6.79. The van der Waals surface area contributed by atoms with Crippen LogP contribution in [0.25, 0.3) is 11.0 Å². The fraction of sp³-hybridized carbons (Fsp3) is 0.477. The third kappa shape index (κ3) is 7.92. The van der Waals surface area contributed by atoms with Gasteiger partial charge in [0.1, 0.15) is 48.0 Å². The molecule has 5 aliphatic carbocycles. The lowest BCUT2D eigenvalue weighted by atomic mass is 9.39. The number of hydrogen-bond donors (Lipinski definition) is 2. The number of sulfonamides is 1. The number of anilines is 1. The van der Waals surface area contributed by atoms with Gasteiger partial charge in [0.15, 0.2) is 0 Å². The van der Waals surface area contributed by atoms with Crippen LogP contribution in [0.4, 0.5) is 5.69 Å². The molecular formula is C44H49ClN7O7S+.